The molecule has 0 saturated heterocycles. The van der Waals surface area contributed by atoms with Gasteiger partial charge in [0.1, 0.15) is 0 Å². The lowest BCUT2D eigenvalue weighted by molar-refractivity contribution is 0.408. The number of thiocarbonyl (C=S) groups is 2. The van der Waals surface area contributed by atoms with Crippen LogP contribution < -0.4 is 21.5 Å². The molecule has 114 valence electrons. The Morgan fingerprint density at radius 1 is 0.600 bits per heavy atom. The molecule has 2 fully saturated rings. The molecule has 4 N–H and O–H groups in total. The summed E-state index contributed by atoms with van der Waals surface area (Å²) in [5.74, 6) is 0. The molecule has 0 aromatic heterocycles. The van der Waals surface area contributed by atoms with Crippen LogP contribution in [0.4, 0.5) is 0 Å². The monoisotopic (exact) mass is 314 g/mol. The van der Waals surface area contributed by atoms with Crippen LogP contribution in [0.5, 0.6) is 0 Å². The van der Waals surface area contributed by atoms with E-state index in [1.807, 2.05) is 0 Å². The minimum Gasteiger partial charge on any atom is -0.359 e. The quantitative estimate of drug-likeness (QED) is 0.464. The van der Waals surface area contributed by atoms with Crippen LogP contribution in [0.1, 0.15) is 64.2 Å². The van der Waals surface area contributed by atoms with Gasteiger partial charge in [-0.3, -0.25) is 10.9 Å². The summed E-state index contributed by atoms with van der Waals surface area (Å²) in [5, 5.41) is 7.98. The molecule has 0 radical (unpaired) electrons. The molecule has 0 aromatic carbocycles. The fourth-order valence-electron chi connectivity index (χ4n) is 3.05. The summed E-state index contributed by atoms with van der Waals surface area (Å²) in [5.41, 5.74) is 5.97. The van der Waals surface area contributed by atoms with Crippen LogP contribution in [0.25, 0.3) is 0 Å². The molecular weight excluding hydrogens is 288 g/mol. The summed E-state index contributed by atoms with van der Waals surface area (Å²) in [4.78, 5) is 0. The standard InChI is InChI=1S/C14H26N4S2/c19-13(15-11-7-3-1-4-8-11)17-18-14(20)16-12-9-5-2-6-10-12/h11-12H,1-10H2,(H2,15,17,19)(H2,16,18,20). The lowest BCUT2D eigenvalue weighted by Gasteiger charge is -2.26. The van der Waals surface area contributed by atoms with E-state index in [2.05, 4.69) is 21.5 Å². The third-order valence-corrected chi connectivity index (χ3v) is 4.61. The highest BCUT2D eigenvalue weighted by molar-refractivity contribution is 7.80. The van der Waals surface area contributed by atoms with Crippen LogP contribution in [0.15, 0.2) is 0 Å². The second-order valence-electron chi connectivity index (χ2n) is 5.87. The predicted molar refractivity (Wildman–Crippen MR) is 91.5 cm³/mol. The largest absolute Gasteiger partial charge is 0.359 e. The van der Waals surface area contributed by atoms with Gasteiger partial charge in [0.05, 0.1) is 0 Å². The molecule has 2 saturated carbocycles. The van der Waals surface area contributed by atoms with Gasteiger partial charge in [-0.05, 0) is 50.1 Å². The smallest absolute Gasteiger partial charge is 0.185 e. The number of hydrazine groups is 1. The van der Waals surface area contributed by atoms with Crippen molar-refractivity contribution in [2.45, 2.75) is 76.3 Å². The topological polar surface area (TPSA) is 48.1 Å². The lowest BCUT2D eigenvalue weighted by atomic mass is 9.96. The van der Waals surface area contributed by atoms with E-state index >= 15 is 0 Å². The number of rotatable bonds is 2. The fourth-order valence-corrected chi connectivity index (χ4v) is 3.49. The van der Waals surface area contributed by atoms with E-state index in [0.29, 0.717) is 22.3 Å². The van der Waals surface area contributed by atoms with Gasteiger partial charge in [0, 0.05) is 12.1 Å². The van der Waals surface area contributed by atoms with Gasteiger partial charge in [0.15, 0.2) is 10.2 Å². The summed E-state index contributed by atoms with van der Waals surface area (Å²) in [6, 6.07) is 1.04. The van der Waals surface area contributed by atoms with E-state index < -0.39 is 0 Å². The molecule has 0 aliphatic heterocycles. The van der Waals surface area contributed by atoms with Crippen molar-refractivity contribution in [2.75, 3.05) is 0 Å². The number of nitrogens with one attached hydrogen (secondary N) is 4. The van der Waals surface area contributed by atoms with E-state index in [9.17, 15) is 0 Å². The van der Waals surface area contributed by atoms with Gasteiger partial charge in [-0.2, -0.15) is 0 Å². The number of hydrogen-bond donors (Lipinski definition) is 4. The van der Waals surface area contributed by atoms with Crippen LogP contribution in [-0.2, 0) is 0 Å². The van der Waals surface area contributed by atoms with E-state index in [1.165, 1.54) is 64.2 Å². The predicted octanol–water partition coefficient (Wildman–Crippen LogP) is 2.49. The average molecular weight is 315 g/mol. The van der Waals surface area contributed by atoms with Crippen molar-refractivity contribution in [1.82, 2.24) is 21.5 Å². The van der Waals surface area contributed by atoms with Crippen molar-refractivity contribution in [3.05, 3.63) is 0 Å². The van der Waals surface area contributed by atoms with Crippen molar-refractivity contribution in [1.29, 1.82) is 0 Å². The molecule has 2 aliphatic carbocycles. The average Bonchev–Trinajstić information content (AvgIpc) is 2.47. The maximum absolute atomic E-state index is 5.29. The Balaban J connectivity index is 1.58. The van der Waals surface area contributed by atoms with Crippen molar-refractivity contribution in [3.8, 4) is 0 Å². The zero-order valence-corrected chi connectivity index (χ0v) is 13.7. The van der Waals surface area contributed by atoms with Gasteiger partial charge < -0.3 is 10.6 Å². The summed E-state index contributed by atoms with van der Waals surface area (Å²) in [6.07, 6.45) is 12.8. The fraction of sp³-hybridized carbons (Fsp3) is 0.857. The van der Waals surface area contributed by atoms with Crippen LogP contribution in [0, 0.1) is 0 Å². The Hall–Kier alpha value is -0.620. The van der Waals surface area contributed by atoms with Crippen LogP contribution >= 0.6 is 24.4 Å². The summed E-state index contributed by atoms with van der Waals surface area (Å²) in [6.45, 7) is 0. The Bertz CT molecular complexity index is 291. The summed E-state index contributed by atoms with van der Waals surface area (Å²) >= 11 is 10.6. The van der Waals surface area contributed by atoms with Gasteiger partial charge in [-0.25, -0.2) is 0 Å². The van der Waals surface area contributed by atoms with Gasteiger partial charge in [-0.15, -0.1) is 0 Å². The highest BCUT2D eigenvalue weighted by atomic mass is 32.1. The van der Waals surface area contributed by atoms with Gasteiger partial charge >= 0.3 is 0 Å². The molecule has 0 atom stereocenters. The molecule has 20 heavy (non-hydrogen) atoms. The van der Waals surface area contributed by atoms with E-state index in [0.717, 1.165) is 0 Å². The van der Waals surface area contributed by atoms with E-state index in [1.54, 1.807) is 0 Å². The van der Waals surface area contributed by atoms with Crippen molar-refractivity contribution >= 4 is 34.7 Å². The molecule has 0 amide bonds. The van der Waals surface area contributed by atoms with E-state index in [-0.39, 0.29) is 0 Å². The first-order valence-corrected chi connectivity index (χ1v) is 8.69. The third kappa shape index (κ3) is 5.79. The Morgan fingerprint density at radius 3 is 1.30 bits per heavy atom. The first kappa shape index (κ1) is 15.8. The highest BCUT2D eigenvalue weighted by Gasteiger charge is 2.15. The second-order valence-corrected chi connectivity index (χ2v) is 6.68. The molecule has 0 bridgehead atoms. The van der Waals surface area contributed by atoms with Crippen molar-refractivity contribution in [2.24, 2.45) is 0 Å². The lowest BCUT2D eigenvalue weighted by Crippen LogP contribution is -2.54. The molecule has 2 rings (SSSR count). The van der Waals surface area contributed by atoms with Gasteiger partial charge in [0.25, 0.3) is 0 Å². The highest BCUT2D eigenvalue weighted by Crippen LogP contribution is 2.17. The zero-order chi connectivity index (χ0) is 14.2. The normalized spacial score (nSPS) is 21.0. The SMILES string of the molecule is S=C(NNC(=S)NC1CCCCC1)NC1CCCCC1. The zero-order valence-electron chi connectivity index (χ0n) is 12.0. The van der Waals surface area contributed by atoms with Gasteiger partial charge in [0.2, 0.25) is 0 Å². The minimum absolute atomic E-state index is 0.519. The summed E-state index contributed by atoms with van der Waals surface area (Å²) < 4.78 is 0. The molecule has 0 unspecified atom stereocenters. The molecular formula is C14H26N4S2. The Kier molecular flexibility index (Phi) is 6.79. The minimum atomic E-state index is 0.519. The molecule has 4 nitrogen and oxygen atoms in total. The maximum atomic E-state index is 5.29. The Morgan fingerprint density at radius 2 is 0.950 bits per heavy atom. The molecule has 0 heterocycles. The number of hydrogen-bond acceptors (Lipinski definition) is 2. The van der Waals surface area contributed by atoms with Crippen molar-refractivity contribution in [3.63, 3.8) is 0 Å². The molecule has 0 spiro atoms. The Labute approximate surface area is 132 Å². The second kappa shape index (κ2) is 8.62. The van der Waals surface area contributed by atoms with Crippen LogP contribution in [0.3, 0.4) is 0 Å². The first-order chi connectivity index (χ1) is 9.74. The molecule has 6 heteroatoms. The molecule has 0 aromatic rings. The van der Waals surface area contributed by atoms with Crippen molar-refractivity contribution < 1.29 is 0 Å². The van der Waals surface area contributed by atoms with Gasteiger partial charge in [-0.1, -0.05) is 38.5 Å². The third-order valence-electron chi connectivity index (χ3n) is 4.17. The van der Waals surface area contributed by atoms with Crippen LogP contribution in [-0.4, -0.2) is 22.3 Å². The van der Waals surface area contributed by atoms with Crippen LogP contribution in [0.2, 0.25) is 0 Å². The first-order valence-electron chi connectivity index (χ1n) is 7.87. The maximum Gasteiger partial charge on any atom is 0.185 e. The molecule has 2 aliphatic rings. The van der Waals surface area contributed by atoms with E-state index in [4.69, 9.17) is 24.4 Å². The summed E-state index contributed by atoms with van der Waals surface area (Å²) in [7, 11) is 0.